The fraction of sp³-hybridized carbons (Fsp3) is 0.556. The summed E-state index contributed by atoms with van der Waals surface area (Å²) in [6.45, 7) is 4.29. The van der Waals surface area contributed by atoms with Crippen LogP contribution in [0.25, 0.3) is 11.3 Å². The average Bonchev–Trinajstić information content (AvgIpc) is 2.97. The van der Waals surface area contributed by atoms with Crippen LogP contribution in [0.1, 0.15) is 24.8 Å². The first kappa shape index (κ1) is 17.1. The van der Waals surface area contributed by atoms with E-state index in [1.165, 1.54) is 19.3 Å². The van der Waals surface area contributed by atoms with Gasteiger partial charge in [-0.1, -0.05) is 6.42 Å². The molecule has 0 spiro atoms. The van der Waals surface area contributed by atoms with E-state index in [0.29, 0.717) is 13.1 Å². The first-order valence-electron chi connectivity index (χ1n) is 8.76. The Morgan fingerprint density at radius 2 is 1.96 bits per heavy atom. The third-order valence-corrected chi connectivity index (χ3v) is 4.47. The van der Waals surface area contributed by atoms with Crippen molar-refractivity contribution in [1.29, 1.82) is 0 Å². The lowest BCUT2D eigenvalue weighted by Gasteiger charge is -2.28. The number of hydrogen-bond acceptors (Lipinski definition) is 5. The number of aromatic nitrogens is 3. The highest BCUT2D eigenvalue weighted by molar-refractivity contribution is 5.61. The van der Waals surface area contributed by atoms with Gasteiger partial charge in [-0.25, -0.2) is 0 Å². The molecule has 0 unspecified atom stereocenters. The average molecular weight is 329 g/mol. The summed E-state index contributed by atoms with van der Waals surface area (Å²) >= 11 is 0. The van der Waals surface area contributed by atoms with Crippen molar-refractivity contribution >= 4 is 0 Å². The summed E-state index contributed by atoms with van der Waals surface area (Å²) in [6, 6.07) is 3.94. The molecule has 0 saturated carbocycles. The normalized spacial score (nSPS) is 17.1. The van der Waals surface area contributed by atoms with Gasteiger partial charge in [0.2, 0.25) is 0 Å². The summed E-state index contributed by atoms with van der Waals surface area (Å²) in [4.78, 5) is 6.42. The van der Waals surface area contributed by atoms with Crippen LogP contribution in [-0.4, -0.2) is 57.1 Å². The van der Waals surface area contributed by atoms with E-state index in [1.54, 1.807) is 12.4 Å². The number of piperidine rings is 1. The van der Waals surface area contributed by atoms with Gasteiger partial charge in [-0.2, -0.15) is 5.10 Å². The van der Waals surface area contributed by atoms with Crippen molar-refractivity contribution in [1.82, 2.24) is 25.0 Å². The molecule has 0 bridgehead atoms. The quantitative estimate of drug-likeness (QED) is 0.804. The molecular formula is C18H27N5O. The topological polar surface area (TPSA) is 66.2 Å². The highest BCUT2D eigenvalue weighted by atomic mass is 16.3. The first-order valence-corrected chi connectivity index (χ1v) is 8.76. The summed E-state index contributed by atoms with van der Waals surface area (Å²) in [5, 5.41) is 18.2. The van der Waals surface area contributed by atoms with Crippen LogP contribution in [0.3, 0.4) is 0 Å². The minimum atomic E-state index is -0.329. The third-order valence-electron chi connectivity index (χ3n) is 4.47. The van der Waals surface area contributed by atoms with Gasteiger partial charge in [0.1, 0.15) is 0 Å². The Morgan fingerprint density at radius 3 is 2.71 bits per heavy atom. The van der Waals surface area contributed by atoms with E-state index >= 15 is 0 Å². The lowest BCUT2D eigenvalue weighted by atomic mass is 10.1. The van der Waals surface area contributed by atoms with Crippen molar-refractivity contribution < 1.29 is 5.11 Å². The second-order valence-electron chi connectivity index (χ2n) is 6.56. The molecule has 6 nitrogen and oxygen atoms in total. The highest BCUT2D eigenvalue weighted by Gasteiger charge is 2.15. The minimum absolute atomic E-state index is 0.329. The molecule has 130 valence electrons. The molecular weight excluding hydrogens is 302 g/mol. The smallest absolute Gasteiger partial charge is 0.0969 e. The largest absolute Gasteiger partial charge is 0.390 e. The number of aliphatic hydroxyl groups excluding tert-OH is 1. The molecule has 2 N–H and O–H groups in total. The van der Waals surface area contributed by atoms with E-state index in [4.69, 9.17) is 0 Å². The first-order chi connectivity index (χ1) is 11.7. The van der Waals surface area contributed by atoms with Crippen molar-refractivity contribution in [3.05, 3.63) is 36.3 Å². The van der Waals surface area contributed by atoms with Crippen LogP contribution in [0.5, 0.6) is 0 Å². The number of likely N-dealkylation sites (tertiary alicyclic amines) is 1. The second-order valence-corrected chi connectivity index (χ2v) is 6.56. The molecule has 6 heteroatoms. The van der Waals surface area contributed by atoms with E-state index in [-0.39, 0.29) is 6.10 Å². The van der Waals surface area contributed by atoms with E-state index in [9.17, 15) is 5.11 Å². The zero-order valence-electron chi connectivity index (χ0n) is 14.4. The number of pyridine rings is 1. The van der Waals surface area contributed by atoms with Crippen LogP contribution in [-0.2, 0) is 13.6 Å². The lowest BCUT2D eigenvalue weighted by Crippen LogP contribution is -2.40. The maximum atomic E-state index is 10.2. The predicted molar refractivity (Wildman–Crippen MR) is 94.4 cm³/mol. The van der Waals surface area contributed by atoms with Crippen LogP contribution in [0.2, 0.25) is 0 Å². The van der Waals surface area contributed by atoms with E-state index < -0.39 is 0 Å². The van der Waals surface area contributed by atoms with Gasteiger partial charge in [0.25, 0.3) is 0 Å². The van der Waals surface area contributed by atoms with Crippen molar-refractivity contribution in [3.63, 3.8) is 0 Å². The Morgan fingerprint density at radius 1 is 1.21 bits per heavy atom. The van der Waals surface area contributed by atoms with Crippen molar-refractivity contribution in [2.45, 2.75) is 31.9 Å². The van der Waals surface area contributed by atoms with Gasteiger partial charge in [0.15, 0.2) is 0 Å². The predicted octanol–water partition coefficient (Wildman–Crippen LogP) is 1.42. The number of rotatable bonds is 7. The van der Waals surface area contributed by atoms with Crippen LogP contribution in [0, 0.1) is 0 Å². The summed E-state index contributed by atoms with van der Waals surface area (Å²) in [5.74, 6) is 0. The number of hydrogen-bond donors (Lipinski definition) is 2. The number of aryl methyl sites for hydroxylation is 1. The molecule has 0 aliphatic carbocycles. The van der Waals surface area contributed by atoms with Gasteiger partial charge in [0.05, 0.1) is 11.8 Å². The summed E-state index contributed by atoms with van der Waals surface area (Å²) < 4.78 is 1.83. The van der Waals surface area contributed by atoms with Gasteiger partial charge in [-0.15, -0.1) is 0 Å². The monoisotopic (exact) mass is 329 g/mol. The fourth-order valence-electron chi connectivity index (χ4n) is 3.30. The molecule has 1 aliphatic rings. The van der Waals surface area contributed by atoms with Gasteiger partial charge in [-0.05, 0) is 38.1 Å². The zero-order chi connectivity index (χ0) is 16.8. The standard InChI is InChI=1S/C18H27N5O/c1-22-13-16(18(21-22)15-5-7-19-8-6-15)11-20-12-17(24)14-23-9-3-2-4-10-23/h5-8,13,17,20,24H,2-4,9-12,14H2,1H3/t17-/m0/s1. The van der Waals surface area contributed by atoms with E-state index in [1.807, 2.05) is 30.1 Å². The summed E-state index contributed by atoms with van der Waals surface area (Å²) in [5.41, 5.74) is 3.17. The maximum Gasteiger partial charge on any atom is 0.0969 e. The Balaban J connectivity index is 1.51. The summed E-state index contributed by atoms with van der Waals surface area (Å²) in [6.07, 6.45) is 9.09. The Bertz CT molecular complexity index is 622. The lowest BCUT2D eigenvalue weighted by molar-refractivity contribution is 0.1000. The molecule has 3 heterocycles. The molecule has 24 heavy (non-hydrogen) atoms. The van der Waals surface area contributed by atoms with Crippen LogP contribution in [0.15, 0.2) is 30.7 Å². The van der Waals surface area contributed by atoms with E-state index in [2.05, 4.69) is 20.3 Å². The molecule has 1 saturated heterocycles. The molecule has 1 aliphatic heterocycles. The van der Waals surface area contributed by atoms with Crippen molar-refractivity contribution in [2.24, 2.45) is 7.05 Å². The number of nitrogens with one attached hydrogen (secondary N) is 1. The van der Waals surface area contributed by atoms with Crippen LogP contribution in [0.4, 0.5) is 0 Å². The van der Waals surface area contributed by atoms with Gasteiger partial charge >= 0.3 is 0 Å². The number of aliphatic hydroxyl groups is 1. The summed E-state index contributed by atoms with van der Waals surface area (Å²) in [7, 11) is 1.93. The molecule has 2 aromatic rings. The number of β-amino-alcohol motifs (C(OH)–C–C–N with tert-alkyl or cyclic N) is 1. The molecule has 3 rings (SSSR count). The molecule has 0 aromatic carbocycles. The molecule has 0 amide bonds. The van der Waals surface area contributed by atoms with Gasteiger partial charge < -0.3 is 15.3 Å². The molecule has 1 fully saturated rings. The maximum absolute atomic E-state index is 10.2. The van der Waals surface area contributed by atoms with E-state index in [0.717, 1.165) is 36.5 Å². The second kappa shape index (κ2) is 8.37. The highest BCUT2D eigenvalue weighted by Crippen LogP contribution is 2.20. The Kier molecular flexibility index (Phi) is 5.96. The van der Waals surface area contributed by atoms with Crippen LogP contribution < -0.4 is 5.32 Å². The van der Waals surface area contributed by atoms with Gasteiger partial charge in [-0.3, -0.25) is 9.67 Å². The Hall–Kier alpha value is -1.76. The third kappa shape index (κ3) is 4.63. The Labute approximate surface area is 143 Å². The minimum Gasteiger partial charge on any atom is -0.390 e. The van der Waals surface area contributed by atoms with Crippen molar-refractivity contribution in [2.75, 3.05) is 26.2 Å². The molecule has 2 aromatic heterocycles. The SMILES string of the molecule is Cn1cc(CNC[C@H](O)CN2CCCCC2)c(-c2ccncc2)n1. The van der Waals surface area contributed by atoms with Gasteiger partial charge in [0, 0.05) is 56.4 Å². The molecule has 1 atom stereocenters. The fourth-order valence-corrected chi connectivity index (χ4v) is 3.30. The molecule has 0 radical (unpaired) electrons. The van der Waals surface area contributed by atoms with Crippen molar-refractivity contribution in [3.8, 4) is 11.3 Å². The number of nitrogens with zero attached hydrogens (tertiary/aromatic N) is 4. The van der Waals surface area contributed by atoms with Crippen LogP contribution >= 0.6 is 0 Å². The zero-order valence-corrected chi connectivity index (χ0v) is 14.4.